The van der Waals surface area contributed by atoms with Crippen molar-refractivity contribution >= 4 is 17.9 Å². The fourth-order valence-corrected chi connectivity index (χ4v) is 1.55. The Morgan fingerprint density at radius 1 is 1.39 bits per heavy atom. The number of urea groups is 1. The van der Waals surface area contributed by atoms with Crippen LogP contribution in [0.3, 0.4) is 0 Å². The maximum absolute atomic E-state index is 11.7. The van der Waals surface area contributed by atoms with Gasteiger partial charge in [-0.25, -0.2) is 9.59 Å². The number of nitrogens with one attached hydrogen (secondary N) is 1. The first-order chi connectivity index (χ1) is 8.49. The minimum atomic E-state index is -1.24. The molecule has 2 N–H and O–H groups in total. The van der Waals surface area contributed by atoms with Crippen LogP contribution >= 0.6 is 0 Å². The summed E-state index contributed by atoms with van der Waals surface area (Å²) < 4.78 is 5.37. The van der Waals surface area contributed by atoms with Crippen molar-refractivity contribution in [3.8, 4) is 0 Å². The second-order valence-corrected chi connectivity index (χ2v) is 3.95. The van der Waals surface area contributed by atoms with Gasteiger partial charge in [0, 0.05) is 31.8 Å². The molecule has 1 aliphatic heterocycles. The van der Waals surface area contributed by atoms with Gasteiger partial charge in [0.2, 0.25) is 0 Å². The number of aliphatic carboxylic acids is 1. The van der Waals surface area contributed by atoms with Crippen molar-refractivity contribution in [2.24, 2.45) is 0 Å². The number of carboxylic acids is 1. The van der Waals surface area contributed by atoms with Crippen LogP contribution in [-0.4, -0.2) is 53.7 Å². The highest BCUT2D eigenvalue weighted by Gasteiger charge is 2.20. The molecule has 1 unspecified atom stereocenters. The minimum absolute atomic E-state index is 0.0806. The highest BCUT2D eigenvalue weighted by Crippen LogP contribution is 2.05. The van der Waals surface area contributed by atoms with Crippen molar-refractivity contribution in [3.63, 3.8) is 0 Å². The predicted molar refractivity (Wildman–Crippen MR) is 61.9 cm³/mol. The topological polar surface area (TPSA) is 95.9 Å². The third kappa shape index (κ3) is 4.96. The third-order valence-electron chi connectivity index (χ3n) is 2.35. The van der Waals surface area contributed by atoms with Crippen LogP contribution in [0.2, 0.25) is 0 Å². The summed E-state index contributed by atoms with van der Waals surface area (Å²) in [6.07, 6.45) is 2.11. The molecule has 7 heteroatoms. The van der Waals surface area contributed by atoms with Crippen molar-refractivity contribution in [2.75, 3.05) is 19.7 Å². The minimum Gasteiger partial charge on any atom is -0.478 e. The zero-order valence-corrected chi connectivity index (χ0v) is 10.1. The Balaban J connectivity index is 2.48. The van der Waals surface area contributed by atoms with E-state index in [1.807, 2.05) is 6.92 Å². The van der Waals surface area contributed by atoms with E-state index in [9.17, 15) is 14.4 Å². The van der Waals surface area contributed by atoms with Crippen molar-refractivity contribution in [2.45, 2.75) is 19.4 Å². The molecule has 0 spiro atoms. The quantitative estimate of drug-likeness (QED) is 0.676. The van der Waals surface area contributed by atoms with Crippen LogP contribution in [0.1, 0.15) is 13.3 Å². The van der Waals surface area contributed by atoms with Crippen LogP contribution in [0, 0.1) is 0 Å². The number of hydrogen-bond donors (Lipinski definition) is 2. The number of amides is 3. The largest absolute Gasteiger partial charge is 0.478 e. The van der Waals surface area contributed by atoms with Gasteiger partial charge in [-0.2, -0.15) is 0 Å². The maximum atomic E-state index is 11.7. The fourth-order valence-electron chi connectivity index (χ4n) is 1.55. The lowest BCUT2D eigenvalue weighted by molar-refractivity contribution is -0.131. The molecule has 0 aromatic rings. The van der Waals surface area contributed by atoms with Gasteiger partial charge in [-0.15, -0.1) is 0 Å². The number of ether oxygens (including phenoxy) is 1. The zero-order valence-electron chi connectivity index (χ0n) is 10.1. The first kappa shape index (κ1) is 14.2. The van der Waals surface area contributed by atoms with Crippen LogP contribution in [0.4, 0.5) is 4.79 Å². The van der Waals surface area contributed by atoms with Gasteiger partial charge in [0.05, 0.1) is 6.10 Å². The van der Waals surface area contributed by atoms with Crippen LogP contribution in [0.5, 0.6) is 0 Å². The van der Waals surface area contributed by atoms with E-state index in [1.54, 1.807) is 0 Å². The number of nitrogens with zero attached hydrogens (tertiary/aromatic N) is 1. The maximum Gasteiger partial charge on any atom is 0.328 e. The summed E-state index contributed by atoms with van der Waals surface area (Å²) in [7, 11) is 0. The molecule has 0 bridgehead atoms. The van der Waals surface area contributed by atoms with Crippen molar-refractivity contribution in [3.05, 3.63) is 12.2 Å². The smallest absolute Gasteiger partial charge is 0.328 e. The molecule has 0 aliphatic carbocycles. The van der Waals surface area contributed by atoms with Crippen molar-refractivity contribution in [1.82, 2.24) is 10.2 Å². The lowest BCUT2D eigenvalue weighted by atomic mass is 10.3. The normalized spacial score (nSPS) is 20.5. The second-order valence-electron chi connectivity index (χ2n) is 3.95. The van der Waals surface area contributed by atoms with Gasteiger partial charge in [-0.3, -0.25) is 10.1 Å². The molecule has 1 aliphatic rings. The number of hydrogen-bond acceptors (Lipinski definition) is 4. The molecule has 3 amide bonds. The van der Waals surface area contributed by atoms with E-state index < -0.39 is 17.9 Å². The van der Waals surface area contributed by atoms with E-state index in [0.29, 0.717) is 32.2 Å². The second kappa shape index (κ2) is 6.75. The van der Waals surface area contributed by atoms with Crippen molar-refractivity contribution < 1.29 is 24.2 Å². The Bertz CT molecular complexity index is 366. The standard InChI is InChI=1S/C11H16N2O5/c1-8-7-13(5-2-6-18-8)11(17)12-9(14)3-4-10(15)16/h3-4,8H,2,5-7H2,1H3,(H,15,16)(H,12,14,17)/b4-3+. The molecule has 1 rings (SSSR count). The summed E-state index contributed by atoms with van der Waals surface area (Å²) in [6.45, 7) is 3.34. The van der Waals surface area contributed by atoms with E-state index in [-0.39, 0.29) is 6.10 Å². The Hall–Kier alpha value is -1.89. The van der Waals surface area contributed by atoms with Gasteiger partial charge in [0.1, 0.15) is 0 Å². The summed E-state index contributed by atoms with van der Waals surface area (Å²) in [6, 6.07) is -0.535. The molecular formula is C11H16N2O5. The molecule has 0 aromatic heterocycles. The Kier molecular flexibility index (Phi) is 5.31. The average molecular weight is 256 g/mol. The van der Waals surface area contributed by atoms with Gasteiger partial charge in [-0.1, -0.05) is 0 Å². The van der Waals surface area contributed by atoms with E-state index in [4.69, 9.17) is 9.84 Å². The molecule has 0 saturated carbocycles. The zero-order chi connectivity index (χ0) is 13.5. The van der Waals surface area contributed by atoms with E-state index >= 15 is 0 Å². The number of carboxylic acid groups (broad SMARTS) is 1. The fraction of sp³-hybridized carbons (Fsp3) is 0.545. The molecule has 1 saturated heterocycles. The van der Waals surface area contributed by atoms with Crippen LogP contribution in [-0.2, 0) is 14.3 Å². The van der Waals surface area contributed by atoms with Gasteiger partial charge in [0.15, 0.2) is 0 Å². The summed E-state index contributed by atoms with van der Waals surface area (Å²) >= 11 is 0. The van der Waals surface area contributed by atoms with Gasteiger partial charge >= 0.3 is 12.0 Å². The summed E-state index contributed by atoms with van der Waals surface area (Å²) in [5.74, 6) is -1.99. The van der Waals surface area contributed by atoms with E-state index in [2.05, 4.69) is 5.32 Å². The molecule has 1 heterocycles. The predicted octanol–water partition coefficient (Wildman–Crippen LogP) is -0.0258. The van der Waals surface area contributed by atoms with Crippen LogP contribution < -0.4 is 5.32 Å². The molecule has 7 nitrogen and oxygen atoms in total. The number of imide groups is 1. The molecule has 18 heavy (non-hydrogen) atoms. The van der Waals surface area contributed by atoms with E-state index in [1.165, 1.54) is 4.90 Å². The first-order valence-corrected chi connectivity index (χ1v) is 5.61. The lowest BCUT2D eigenvalue weighted by Gasteiger charge is -2.21. The number of carbonyl (C=O) groups excluding carboxylic acids is 2. The molecule has 0 radical (unpaired) electrons. The molecule has 100 valence electrons. The molecule has 0 aromatic carbocycles. The van der Waals surface area contributed by atoms with Crippen LogP contribution in [0.25, 0.3) is 0 Å². The monoisotopic (exact) mass is 256 g/mol. The highest BCUT2D eigenvalue weighted by atomic mass is 16.5. The SMILES string of the molecule is CC1CN(C(=O)NC(=O)/C=C/C(=O)O)CCCO1. The Morgan fingerprint density at radius 2 is 2.11 bits per heavy atom. The first-order valence-electron chi connectivity index (χ1n) is 5.61. The number of carbonyl (C=O) groups is 3. The average Bonchev–Trinajstić information content (AvgIpc) is 2.51. The lowest BCUT2D eigenvalue weighted by Crippen LogP contribution is -2.44. The van der Waals surface area contributed by atoms with Gasteiger partial charge in [0.25, 0.3) is 5.91 Å². The Labute approximate surface area is 104 Å². The summed E-state index contributed by atoms with van der Waals surface area (Å²) in [4.78, 5) is 34.6. The molecule has 1 fully saturated rings. The Morgan fingerprint density at radius 3 is 2.78 bits per heavy atom. The highest BCUT2D eigenvalue weighted by molar-refractivity contribution is 6.02. The van der Waals surface area contributed by atoms with E-state index in [0.717, 1.165) is 6.08 Å². The summed E-state index contributed by atoms with van der Waals surface area (Å²) in [5, 5.41) is 10.4. The van der Waals surface area contributed by atoms with Crippen molar-refractivity contribution in [1.29, 1.82) is 0 Å². The van der Waals surface area contributed by atoms with Gasteiger partial charge < -0.3 is 14.7 Å². The third-order valence-corrected chi connectivity index (χ3v) is 2.35. The van der Waals surface area contributed by atoms with Gasteiger partial charge in [-0.05, 0) is 13.3 Å². The number of rotatable bonds is 2. The summed E-state index contributed by atoms with van der Waals surface area (Å²) in [5.41, 5.74) is 0. The molecular weight excluding hydrogens is 240 g/mol. The van der Waals surface area contributed by atoms with Crippen LogP contribution in [0.15, 0.2) is 12.2 Å². The molecule has 1 atom stereocenters.